The van der Waals surface area contributed by atoms with Gasteiger partial charge in [0.2, 0.25) is 0 Å². The van der Waals surface area contributed by atoms with Gasteiger partial charge in [-0.15, -0.1) is 0 Å². The summed E-state index contributed by atoms with van der Waals surface area (Å²) < 4.78 is 1.96. The van der Waals surface area contributed by atoms with Crippen molar-refractivity contribution in [3.8, 4) is 0 Å². The molecule has 0 spiro atoms. The lowest BCUT2D eigenvalue weighted by molar-refractivity contribution is 0.791. The minimum absolute atomic E-state index is 0.310. The summed E-state index contributed by atoms with van der Waals surface area (Å²) in [6.45, 7) is 2.68. The van der Waals surface area contributed by atoms with E-state index in [0.717, 1.165) is 16.6 Å². The van der Waals surface area contributed by atoms with E-state index in [0.29, 0.717) is 17.4 Å². The Hall–Kier alpha value is -2.27. The van der Waals surface area contributed by atoms with E-state index in [4.69, 9.17) is 18.0 Å². The second-order valence-corrected chi connectivity index (χ2v) is 5.12. The zero-order valence-corrected chi connectivity index (χ0v) is 11.9. The third-order valence-corrected chi connectivity index (χ3v) is 3.39. The molecule has 2 aromatic heterocycles. The largest absolute Gasteiger partial charge is 0.387 e. The van der Waals surface area contributed by atoms with Gasteiger partial charge in [0.05, 0.1) is 5.52 Å². The molecule has 0 atom stereocenters. The van der Waals surface area contributed by atoms with Crippen LogP contribution < -0.4 is 5.73 Å². The minimum Gasteiger partial charge on any atom is -0.387 e. The number of nitrogens with zero attached hydrogens (tertiary/aromatic N) is 3. The predicted molar refractivity (Wildman–Crippen MR) is 83.7 cm³/mol. The van der Waals surface area contributed by atoms with E-state index in [-0.39, 0.29) is 0 Å². The van der Waals surface area contributed by atoms with Gasteiger partial charge in [-0.05, 0) is 24.6 Å². The molecule has 0 bridgehead atoms. The molecule has 3 aromatic rings. The molecule has 1 aromatic carbocycles. The molecule has 0 saturated heterocycles. The average molecular weight is 282 g/mol. The van der Waals surface area contributed by atoms with Crippen LogP contribution in [0.4, 0.5) is 0 Å². The second kappa shape index (κ2) is 5.02. The Balaban J connectivity index is 2.10. The Morgan fingerprint density at radius 3 is 2.95 bits per heavy atom. The van der Waals surface area contributed by atoms with Crippen molar-refractivity contribution in [2.75, 3.05) is 0 Å². The van der Waals surface area contributed by atoms with Crippen LogP contribution in [0.2, 0.25) is 0 Å². The van der Waals surface area contributed by atoms with Crippen molar-refractivity contribution >= 4 is 28.1 Å². The first-order valence-corrected chi connectivity index (χ1v) is 6.72. The zero-order valence-electron chi connectivity index (χ0n) is 11.1. The van der Waals surface area contributed by atoms with Crippen molar-refractivity contribution in [1.82, 2.24) is 14.5 Å². The van der Waals surface area contributed by atoms with Gasteiger partial charge in [-0.2, -0.15) is 0 Å². The van der Waals surface area contributed by atoms with Crippen LogP contribution >= 0.6 is 12.2 Å². The van der Waals surface area contributed by atoms with Crippen LogP contribution in [0.3, 0.4) is 0 Å². The predicted octanol–water partition coefficient (Wildman–Crippen LogP) is 2.42. The summed E-state index contributed by atoms with van der Waals surface area (Å²) in [7, 11) is 0. The highest BCUT2D eigenvalue weighted by atomic mass is 32.1. The van der Waals surface area contributed by atoms with Crippen LogP contribution in [0.15, 0.2) is 42.7 Å². The molecule has 3 rings (SSSR count). The smallest absolute Gasteiger partial charge is 0.167 e. The fraction of sp³-hybridized carbons (Fsp3) is 0.133. The zero-order chi connectivity index (χ0) is 14.1. The summed E-state index contributed by atoms with van der Waals surface area (Å²) in [4.78, 5) is 9.05. The SMILES string of the molecule is Cc1cc(Cn2ccnc2C(N)=S)c2ccccc2n1. The summed E-state index contributed by atoms with van der Waals surface area (Å²) in [5.41, 5.74) is 8.87. The van der Waals surface area contributed by atoms with E-state index in [2.05, 4.69) is 22.1 Å². The molecular formula is C15H14N4S. The van der Waals surface area contributed by atoms with Gasteiger partial charge < -0.3 is 10.3 Å². The van der Waals surface area contributed by atoms with Crippen molar-refractivity contribution in [3.05, 3.63) is 59.8 Å². The van der Waals surface area contributed by atoms with Crippen LogP contribution in [-0.4, -0.2) is 19.5 Å². The normalized spacial score (nSPS) is 10.8. The molecule has 0 fully saturated rings. The second-order valence-electron chi connectivity index (χ2n) is 4.68. The Morgan fingerprint density at radius 1 is 1.35 bits per heavy atom. The highest BCUT2D eigenvalue weighted by molar-refractivity contribution is 7.80. The third-order valence-electron chi connectivity index (χ3n) is 3.21. The molecule has 0 saturated carbocycles. The lowest BCUT2D eigenvalue weighted by Crippen LogP contribution is -2.17. The maximum absolute atomic E-state index is 5.69. The van der Waals surface area contributed by atoms with Crippen molar-refractivity contribution in [2.45, 2.75) is 13.5 Å². The van der Waals surface area contributed by atoms with Gasteiger partial charge in [-0.25, -0.2) is 4.98 Å². The molecule has 2 heterocycles. The number of benzene rings is 1. The molecule has 0 aliphatic rings. The molecule has 0 aliphatic heterocycles. The third kappa shape index (κ3) is 2.28. The summed E-state index contributed by atoms with van der Waals surface area (Å²) in [6.07, 6.45) is 3.60. The van der Waals surface area contributed by atoms with Gasteiger partial charge in [0.25, 0.3) is 0 Å². The maximum Gasteiger partial charge on any atom is 0.167 e. The number of nitrogens with two attached hydrogens (primary N) is 1. The monoisotopic (exact) mass is 282 g/mol. The summed E-state index contributed by atoms with van der Waals surface area (Å²) in [6, 6.07) is 10.2. The Labute approximate surface area is 122 Å². The average Bonchev–Trinajstić information content (AvgIpc) is 2.87. The van der Waals surface area contributed by atoms with E-state index in [1.807, 2.05) is 35.9 Å². The molecule has 100 valence electrons. The van der Waals surface area contributed by atoms with E-state index >= 15 is 0 Å². The number of hydrogen-bond acceptors (Lipinski definition) is 3. The number of para-hydroxylation sites is 1. The van der Waals surface area contributed by atoms with Crippen molar-refractivity contribution in [3.63, 3.8) is 0 Å². The van der Waals surface area contributed by atoms with Gasteiger partial charge in [0.15, 0.2) is 5.82 Å². The van der Waals surface area contributed by atoms with Gasteiger partial charge in [-0.1, -0.05) is 30.4 Å². The van der Waals surface area contributed by atoms with E-state index in [1.165, 1.54) is 5.56 Å². The highest BCUT2D eigenvalue weighted by Crippen LogP contribution is 2.19. The summed E-state index contributed by atoms with van der Waals surface area (Å²) in [5.74, 6) is 0.638. The quantitative estimate of drug-likeness (QED) is 0.750. The lowest BCUT2D eigenvalue weighted by Gasteiger charge is -2.10. The summed E-state index contributed by atoms with van der Waals surface area (Å²) in [5, 5.41) is 1.14. The number of thiocarbonyl (C=S) groups is 1. The standard InChI is InChI=1S/C15H14N4S/c1-10-8-11(12-4-2-3-5-13(12)18-10)9-19-7-6-17-15(19)14(16)20/h2-8H,9H2,1H3,(H2,16,20). The highest BCUT2D eigenvalue weighted by Gasteiger charge is 2.09. The van der Waals surface area contributed by atoms with E-state index in [9.17, 15) is 0 Å². The van der Waals surface area contributed by atoms with Crippen molar-refractivity contribution in [2.24, 2.45) is 5.73 Å². The Kier molecular flexibility index (Phi) is 3.20. The fourth-order valence-electron chi connectivity index (χ4n) is 2.37. The topological polar surface area (TPSA) is 56.7 Å². The molecule has 5 heteroatoms. The number of aromatic nitrogens is 3. The van der Waals surface area contributed by atoms with Crippen LogP contribution in [-0.2, 0) is 6.54 Å². The van der Waals surface area contributed by atoms with E-state index < -0.39 is 0 Å². The first-order chi connectivity index (χ1) is 9.65. The van der Waals surface area contributed by atoms with E-state index in [1.54, 1.807) is 6.20 Å². The number of aryl methyl sites for hydroxylation is 1. The number of fused-ring (bicyclic) bond motifs is 1. The van der Waals surface area contributed by atoms with Gasteiger partial charge in [0, 0.05) is 30.0 Å². The molecule has 0 unspecified atom stereocenters. The Bertz CT molecular complexity index is 791. The van der Waals surface area contributed by atoms with Gasteiger partial charge in [0.1, 0.15) is 4.99 Å². The van der Waals surface area contributed by atoms with Crippen LogP contribution in [0.1, 0.15) is 17.1 Å². The van der Waals surface area contributed by atoms with Crippen molar-refractivity contribution in [1.29, 1.82) is 0 Å². The summed E-state index contributed by atoms with van der Waals surface area (Å²) >= 11 is 5.02. The first kappa shape index (κ1) is 12.7. The maximum atomic E-state index is 5.69. The molecule has 20 heavy (non-hydrogen) atoms. The van der Waals surface area contributed by atoms with Crippen LogP contribution in [0, 0.1) is 6.92 Å². The molecule has 4 nitrogen and oxygen atoms in total. The van der Waals surface area contributed by atoms with Gasteiger partial charge >= 0.3 is 0 Å². The molecule has 0 amide bonds. The van der Waals surface area contributed by atoms with Crippen LogP contribution in [0.25, 0.3) is 10.9 Å². The lowest BCUT2D eigenvalue weighted by atomic mass is 10.1. The molecule has 2 N–H and O–H groups in total. The number of rotatable bonds is 3. The fourth-order valence-corrected chi connectivity index (χ4v) is 2.54. The van der Waals surface area contributed by atoms with Gasteiger partial charge in [-0.3, -0.25) is 4.98 Å². The molecule has 0 radical (unpaired) electrons. The molecular weight excluding hydrogens is 268 g/mol. The molecule has 0 aliphatic carbocycles. The van der Waals surface area contributed by atoms with Crippen molar-refractivity contribution < 1.29 is 0 Å². The number of hydrogen-bond donors (Lipinski definition) is 1. The minimum atomic E-state index is 0.310. The first-order valence-electron chi connectivity index (χ1n) is 6.31. The number of imidazole rings is 1. The number of pyridine rings is 1. The Morgan fingerprint density at radius 2 is 2.15 bits per heavy atom. The van der Waals surface area contributed by atoms with Crippen LogP contribution in [0.5, 0.6) is 0 Å².